The van der Waals surface area contributed by atoms with Crippen LogP contribution in [0.3, 0.4) is 0 Å². The van der Waals surface area contributed by atoms with Crippen molar-refractivity contribution in [3.63, 3.8) is 0 Å². The van der Waals surface area contributed by atoms with E-state index in [0.29, 0.717) is 0 Å². The minimum atomic E-state index is 0.966. The lowest BCUT2D eigenvalue weighted by Gasteiger charge is -1.94. The summed E-state index contributed by atoms with van der Waals surface area (Å²) in [4.78, 5) is 0. The molecule has 0 N–H and O–H groups in total. The van der Waals surface area contributed by atoms with Crippen molar-refractivity contribution in [1.82, 2.24) is 0 Å². The third kappa shape index (κ3) is 1.11. The van der Waals surface area contributed by atoms with E-state index in [1.165, 1.54) is 11.3 Å². The molecule has 1 heteroatoms. The highest BCUT2D eigenvalue weighted by Gasteiger charge is 2.05. The van der Waals surface area contributed by atoms with Gasteiger partial charge in [0.2, 0.25) is 0 Å². The first-order valence-electron chi connectivity index (χ1n) is 4.06. The van der Waals surface area contributed by atoms with Gasteiger partial charge in [-0.05, 0) is 12.1 Å². The molecule has 0 aliphatic rings. The monoisotopic (exact) mass is 159 g/mol. The predicted octanol–water partition coefficient (Wildman–Crippen LogP) is 3.40. The molecule has 12 heavy (non-hydrogen) atoms. The van der Waals surface area contributed by atoms with E-state index in [2.05, 4.69) is 26.0 Å². The van der Waals surface area contributed by atoms with Crippen LogP contribution < -0.4 is 0 Å². The van der Waals surface area contributed by atoms with Gasteiger partial charge in [0.25, 0.3) is 0 Å². The van der Waals surface area contributed by atoms with Gasteiger partial charge in [-0.1, -0.05) is 32.0 Å². The summed E-state index contributed by atoms with van der Waals surface area (Å²) in [5, 5.41) is 1.17. The smallest absolute Gasteiger partial charge is 0.134 e. The maximum atomic E-state index is 5.59. The van der Waals surface area contributed by atoms with Gasteiger partial charge in [0, 0.05) is 11.3 Å². The molecule has 0 fully saturated rings. The fourth-order valence-corrected chi connectivity index (χ4v) is 1.23. The van der Waals surface area contributed by atoms with E-state index in [1.807, 2.05) is 18.2 Å². The first-order valence-corrected chi connectivity index (χ1v) is 4.06. The SMILES string of the molecule is C[C](C)c1cc2ccccc2o1. The van der Waals surface area contributed by atoms with Crippen molar-refractivity contribution >= 4 is 11.0 Å². The van der Waals surface area contributed by atoms with Crippen LogP contribution in [0, 0.1) is 5.92 Å². The third-order valence-electron chi connectivity index (χ3n) is 1.92. The van der Waals surface area contributed by atoms with Gasteiger partial charge in [-0.25, -0.2) is 0 Å². The first-order chi connectivity index (χ1) is 5.77. The van der Waals surface area contributed by atoms with E-state index in [4.69, 9.17) is 4.42 Å². The van der Waals surface area contributed by atoms with Crippen LogP contribution in [0.4, 0.5) is 0 Å². The zero-order chi connectivity index (χ0) is 8.55. The van der Waals surface area contributed by atoms with Crippen molar-refractivity contribution in [1.29, 1.82) is 0 Å². The van der Waals surface area contributed by atoms with Crippen LogP contribution >= 0.6 is 0 Å². The fraction of sp³-hybridized carbons (Fsp3) is 0.182. The largest absolute Gasteiger partial charge is 0.460 e. The molecule has 0 unspecified atom stereocenters. The second-order valence-electron chi connectivity index (χ2n) is 3.15. The lowest BCUT2D eigenvalue weighted by atomic mass is 10.1. The molecule has 1 radical (unpaired) electrons. The van der Waals surface area contributed by atoms with E-state index in [9.17, 15) is 0 Å². The van der Waals surface area contributed by atoms with Crippen LogP contribution in [-0.2, 0) is 0 Å². The zero-order valence-corrected chi connectivity index (χ0v) is 7.29. The highest BCUT2D eigenvalue weighted by molar-refractivity contribution is 5.78. The van der Waals surface area contributed by atoms with Crippen molar-refractivity contribution in [3.8, 4) is 0 Å². The van der Waals surface area contributed by atoms with Gasteiger partial charge in [-0.3, -0.25) is 0 Å². The maximum Gasteiger partial charge on any atom is 0.134 e. The number of hydrogen-bond acceptors (Lipinski definition) is 1. The number of para-hydroxylation sites is 1. The third-order valence-corrected chi connectivity index (χ3v) is 1.92. The van der Waals surface area contributed by atoms with Crippen LogP contribution in [0.15, 0.2) is 34.7 Å². The Morgan fingerprint density at radius 2 is 1.92 bits per heavy atom. The summed E-state index contributed by atoms with van der Waals surface area (Å²) < 4.78 is 5.59. The summed E-state index contributed by atoms with van der Waals surface area (Å²) in [5.74, 6) is 2.20. The Morgan fingerprint density at radius 3 is 2.58 bits per heavy atom. The van der Waals surface area contributed by atoms with Crippen LogP contribution in [-0.4, -0.2) is 0 Å². The van der Waals surface area contributed by atoms with Crippen LogP contribution in [0.5, 0.6) is 0 Å². The Bertz CT molecular complexity index is 352. The average Bonchev–Trinajstić information content (AvgIpc) is 2.46. The van der Waals surface area contributed by atoms with E-state index >= 15 is 0 Å². The number of rotatable bonds is 1. The second-order valence-corrected chi connectivity index (χ2v) is 3.15. The molecule has 0 aliphatic heterocycles. The molecular weight excluding hydrogens is 148 g/mol. The number of fused-ring (bicyclic) bond motifs is 1. The zero-order valence-electron chi connectivity index (χ0n) is 7.29. The van der Waals surface area contributed by atoms with Crippen molar-refractivity contribution in [2.24, 2.45) is 0 Å². The van der Waals surface area contributed by atoms with E-state index < -0.39 is 0 Å². The van der Waals surface area contributed by atoms with Gasteiger partial charge < -0.3 is 4.42 Å². The molecule has 1 aromatic carbocycles. The number of hydrogen-bond donors (Lipinski definition) is 0. The summed E-state index contributed by atoms with van der Waals surface area (Å²) >= 11 is 0. The predicted molar refractivity (Wildman–Crippen MR) is 49.9 cm³/mol. The molecule has 0 spiro atoms. The van der Waals surface area contributed by atoms with E-state index in [-0.39, 0.29) is 0 Å². The molecule has 0 bridgehead atoms. The van der Waals surface area contributed by atoms with Gasteiger partial charge in [-0.15, -0.1) is 0 Å². The summed E-state index contributed by atoms with van der Waals surface area (Å²) in [6.07, 6.45) is 0. The molecule has 61 valence electrons. The first kappa shape index (κ1) is 7.41. The molecule has 0 saturated heterocycles. The topological polar surface area (TPSA) is 13.1 Å². The maximum absolute atomic E-state index is 5.59. The summed E-state index contributed by atoms with van der Waals surface area (Å²) in [5.41, 5.74) is 0.966. The van der Waals surface area contributed by atoms with E-state index in [1.54, 1.807) is 0 Å². The Hall–Kier alpha value is -1.24. The van der Waals surface area contributed by atoms with Crippen molar-refractivity contribution in [2.45, 2.75) is 13.8 Å². The van der Waals surface area contributed by atoms with Crippen molar-refractivity contribution in [2.75, 3.05) is 0 Å². The highest BCUT2D eigenvalue weighted by Crippen LogP contribution is 2.23. The Labute approximate surface area is 72.0 Å². The van der Waals surface area contributed by atoms with Crippen molar-refractivity contribution in [3.05, 3.63) is 42.0 Å². The van der Waals surface area contributed by atoms with Crippen LogP contribution in [0.2, 0.25) is 0 Å². The molecule has 0 atom stereocenters. The number of benzene rings is 1. The average molecular weight is 159 g/mol. The molecule has 1 nitrogen and oxygen atoms in total. The lowest BCUT2D eigenvalue weighted by molar-refractivity contribution is 0.569. The Balaban J connectivity index is 2.62. The number of furan rings is 1. The highest BCUT2D eigenvalue weighted by atomic mass is 16.3. The van der Waals surface area contributed by atoms with Crippen LogP contribution in [0.25, 0.3) is 11.0 Å². The molecular formula is C11H11O. The van der Waals surface area contributed by atoms with Gasteiger partial charge in [0.1, 0.15) is 11.3 Å². The van der Waals surface area contributed by atoms with Crippen molar-refractivity contribution < 1.29 is 4.42 Å². The minimum absolute atomic E-state index is 0.966. The van der Waals surface area contributed by atoms with E-state index in [0.717, 1.165) is 11.3 Å². The second kappa shape index (κ2) is 2.67. The standard InChI is InChI=1S/C11H11O/c1-8(2)11-7-9-5-3-4-6-10(9)12-11/h3-7H,1-2H3. The molecule has 0 amide bonds. The Kier molecular flexibility index (Phi) is 1.65. The molecule has 0 saturated carbocycles. The molecule has 2 rings (SSSR count). The Morgan fingerprint density at radius 1 is 1.17 bits per heavy atom. The minimum Gasteiger partial charge on any atom is -0.460 e. The van der Waals surface area contributed by atoms with Gasteiger partial charge in [0.15, 0.2) is 0 Å². The summed E-state index contributed by atoms with van der Waals surface area (Å²) in [6, 6.07) is 10.1. The summed E-state index contributed by atoms with van der Waals surface area (Å²) in [6.45, 7) is 4.11. The van der Waals surface area contributed by atoms with Gasteiger partial charge in [0.05, 0.1) is 0 Å². The summed E-state index contributed by atoms with van der Waals surface area (Å²) in [7, 11) is 0. The molecule has 1 heterocycles. The lowest BCUT2D eigenvalue weighted by Crippen LogP contribution is -1.81. The quantitative estimate of drug-likeness (QED) is 0.621. The molecule has 2 aromatic rings. The van der Waals surface area contributed by atoms with Gasteiger partial charge >= 0.3 is 0 Å². The fourth-order valence-electron chi connectivity index (χ4n) is 1.23. The van der Waals surface area contributed by atoms with Crippen LogP contribution in [0.1, 0.15) is 19.6 Å². The molecule has 0 aliphatic carbocycles. The molecule has 1 aromatic heterocycles. The normalized spacial score (nSPS) is 11.2. The van der Waals surface area contributed by atoms with Gasteiger partial charge in [-0.2, -0.15) is 0 Å².